The second kappa shape index (κ2) is 9.13. The van der Waals surface area contributed by atoms with E-state index in [4.69, 9.17) is 4.52 Å². The predicted octanol–water partition coefficient (Wildman–Crippen LogP) is 2.12. The van der Waals surface area contributed by atoms with Crippen molar-refractivity contribution in [3.8, 4) is 0 Å². The number of likely N-dealkylation sites (tertiary alicyclic amines) is 1. The van der Waals surface area contributed by atoms with Crippen LogP contribution in [0.3, 0.4) is 0 Å². The van der Waals surface area contributed by atoms with Gasteiger partial charge in [-0.15, -0.1) is 12.4 Å². The third-order valence-corrected chi connectivity index (χ3v) is 5.15. The van der Waals surface area contributed by atoms with Crippen molar-refractivity contribution in [2.75, 3.05) is 39.8 Å². The van der Waals surface area contributed by atoms with Gasteiger partial charge in [-0.1, -0.05) is 19.0 Å². The first-order chi connectivity index (χ1) is 11.1. The quantitative estimate of drug-likeness (QED) is 0.841. The predicted molar refractivity (Wildman–Crippen MR) is 97.5 cm³/mol. The molecule has 1 aromatic rings. The van der Waals surface area contributed by atoms with E-state index < -0.39 is 0 Å². The molecule has 0 radical (unpaired) electrons. The van der Waals surface area contributed by atoms with Crippen molar-refractivity contribution in [2.45, 2.75) is 51.6 Å². The van der Waals surface area contributed by atoms with E-state index in [0.717, 1.165) is 24.2 Å². The molecule has 0 spiro atoms. The summed E-state index contributed by atoms with van der Waals surface area (Å²) in [5.74, 6) is 2.68. The summed E-state index contributed by atoms with van der Waals surface area (Å²) in [7, 11) is 2.18. The van der Waals surface area contributed by atoms with Gasteiger partial charge in [0.15, 0.2) is 5.82 Å². The highest BCUT2D eigenvalue weighted by atomic mass is 35.5. The van der Waals surface area contributed by atoms with Crippen molar-refractivity contribution >= 4 is 12.4 Å². The number of hydrogen-bond donors (Lipinski definition) is 1. The fraction of sp³-hybridized carbons (Fsp3) is 0.882. The van der Waals surface area contributed by atoms with Crippen molar-refractivity contribution in [3.63, 3.8) is 0 Å². The zero-order valence-corrected chi connectivity index (χ0v) is 16.0. The number of piperidine rings is 1. The SMILES string of the molecule is CC(C)c1nc(CN(C)C2CCN(CC3CCCNC3)C2)no1.Cl. The van der Waals surface area contributed by atoms with Crippen LogP contribution in [0.4, 0.5) is 0 Å². The van der Waals surface area contributed by atoms with Crippen LogP contribution < -0.4 is 5.32 Å². The zero-order valence-electron chi connectivity index (χ0n) is 15.2. The molecule has 0 aliphatic carbocycles. The van der Waals surface area contributed by atoms with Gasteiger partial charge in [0.1, 0.15) is 0 Å². The van der Waals surface area contributed by atoms with Crippen LogP contribution in [0.1, 0.15) is 50.7 Å². The molecule has 7 heteroatoms. The lowest BCUT2D eigenvalue weighted by Crippen LogP contribution is -2.39. The van der Waals surface area contributed by atoms with E-state index in [0.29, 0.717) is 12.0 Å². The van der Waals surface area contributed by atoms with Gasteiger partial charge in [-0.2, -0.15) is 4.98 Å². The maximum Gasteiger partial charge on any atom is 0.229 e. The molecule has 24 heavy (non-hydrogen) atoms. The van der Waals surface area contributed by atoms with E-state index in [2.05, 4.69) is 46.2 Å². The normalized spacial score (nSPS) is 25.4. The highest BCUT2D eigenvalue weighted by Gasteiger charge is 2.28. The molecule has 0 bridgehead atoms. The number of aromatic nitrogens is 2. The van der Waals surface area contributed by atoms with Crippen LogP contribution in [0.5, 0.6) is 0 Å². The Morgan fingerprint density at radius 3 is 2.88 bits per heavy atom. The summed E-state index contributed by atoms with van der Waals surface area (Å²) in [6.45, 7) is 11.0. The monoisotopic (exact) mass is 357 g/mol. The summed E-state index contributed by atoms with van der Waals surface area (Å²) in [6.07, 6.45) is 3.95. The van der Waals surface area contributed by atoms with Crippen LogP contribution in [0.15, 0.2) is 4.52 Å². The second-order valence-electron chi connectivity index (χ2n) is 7.53. The van der Waals surface area contributed by atoms with Gasteiger partial charge in [-0.05, 0) is 51.9 Å². The molecule has 0 amide bonds. The summed E-state index contributed by atoms with van der Waals surface area (Å²) in [5.41, 5.74) is 0. The largest absolute Gasteiger partial charge is 0.339 e. The van der Waals surface area contributed by atoms with E-state index >= 15 is 0 Å². The first kappa shape index (κ1) is 19.6. The minimum atomic E-state index is 0. The molecule has 1 aromatic heterocycles. The summed E-state index contributed by atoms with van der Waals surface area (Å²) in [6, 6.07) is 0.604. The fourth-order valence-electron chi connectivity index (χ4n) is 3.70. The first-order valence-corrected chi connectivity index (χ1v) is 9.07. The van der Waals surface area contributed by atoms with Gasteiger partial charge < -0.3 is 14.7 Å². The maximum atomic E-state index is 5.31. The van der Waals surface area contributed by atoms with Crippen molar-refractivity contribution in [1.82, 2.24) is 25.3 Å². The van der Waals surface area contributed by atoms with Crippen LogP contribution in [0.2, 0.25) is 0 Å². The van der Waals surface area contributed by atoms with Crippen molar-refractivity contribution < 1.29 is 4.52 Å². The molecule has 138 valence electrons. The standard InChI is InChI=1S/C17H31N5O.ClH/c1-13(2)17-19-16(20-23-17)12-21(3)15-6-8-22(11-15)10-14-5-4-7-18-9-14;/h13-15,18H,4-12H2,1-3H3;1H. The number of halogens is 1. The van der Waals surface area contributed by atoms with E-state index in [1.54, 1.807) is 0 Å². The molecule has 2 fully saturated rings. The Kier molecular flexibility index (Phi) is 7.47. The first-order valence-electron chi connectivity index (χ1n) is 9.07. The van der Waals surface area contributed by atoms with Gasteiger partial charge >= 0.3 is 0 Å². The molecule has 1 N–H and O–H groups in total. The molecule has 2 unspecified atom stereocenters. The smallest absolute Gasteiger partial charge is 0.229 e. The average Bonchev–Trinajstić information content (AvgIpc) is 3.18. The van der Waals surface area contributed by atoms with Gasteiger partial charge in [0, 0.05) is 25.0 Å². The lowest BCUT2D eigenvalue weighted by Gasteiger charge is -2.28. The van der Waals surface area contributed by atoms with Crippen LogP contribution in [-0.2, 0) is 6.54 Å². The fourth-order valence-corrected chi connectivity index (χ4v) is 3.70. The molecule has 2 atom stereocenters. The zero-order chi connectivity index (χ0) is 16.2. The Bertz CT molecular complexity index is 489. The molecule has 2 aliphatic rings. The Labute approximate surface area is 151 Å². The number of rotatable bonds is 6. The molecule has 2 aliphatic heterocycles. The maximum absolute atomic E-state index is 5.31. The minimum Gasteiger partial charge on any atom is -0.339 e. The minimum absolute atomic E-state index is 0. The third kappa shape index (κ3) is 5.15. The van der Waals surface area contributed by atoms with Gasteiger partial charge in [0.25, 0.3) is 0 Å². The van der Waals surface area contributed by atoms with Gasteiger partial charge in [0.05, 0.1) is 6.54 Å². The number of hydrogen-bond acceptors (Lipinski definition) is 6. The van der Waals surface area contributed by atoms with E-state index in [1.165, 1.54) is 52.0 Å². The second-order valence-corrected chi connectivity index (χ2v) is 7.53. The summed E-state index contributed by atoms with van der Waals surface area (Å²) < 4.78 is 5.31. The van der Waals surface area contributed by atoms with E-state index in [9.17, 15) is 0 Å². The molecule has 6 nitrogen and oxygen atoms in total. The molecule has 3 rings (SSSR count). The van der Waals surface area contributed by atoms with Gasteiger partial charge in [0.2, 0.25) is 5.89 Å². The topological polar surface area (TPSA) is 57.4 Å². The highest BCUT2D eigenvalue weighted by molar-refractivity contribution is 5.85. The van der Waals surface area contributed by atoms with Crippen molar-refractivity contribution in [1.29, 1.82) is 0 Å². The lowest BCUT2D eigenvalue weighted by molar-refractivity contribution is 0.199. The summed E-state index contributed by atoms with van der Waals surface area (Å²) >= 11 is 0. The van der Waals surface area contributed by atoms with Crippen LogP contribution in [-0.4, -0.2) is 65.8 Å². The molecule has 2 saturated heterocycles. The molecule has 3 heterocycles. The number of nitrogens with zero attached hydrogens (tertiary/aromatic N) is 4. The lowest BCUT2D eigenvalue weighted by atomic mass is 9.99. The van der Waals surface area contributed by atoms with E-state index in [1.807, 2.05) is 0 Å². The third-order valence-electron chi connectivity index (χ3n) is 5.15. The number of nitrogens with one attached hydrogen (secondary N) is 1. The summed E-state index contributed by atoms with van der Waals surface area (Å²) in [4.78, 5) is 9.51. The van der Waals surface area contributed by atoms with Gasteiger partial charge in [-0.3, -0.25) is 4.90 Å². The molecular weight excluding hydrogens is 326 g/mol. The number of likely N-dealkylation sites (N-methyl/N-ethyl adjacent to an activating group) is 1. The van der Waals surface area contributed by atoms with Gasteiger partial charge in [-0.25, -0.2) is 0 Å². The molecular formula is C17H32ClN5O. The summed E-state index contributed by atoms with van der Waals surface area (Å²) in [5, 5.41) is 7.63. The Morgan fingerprint density at radius 1 is 1.38 bits per heavy atom. The average molecular weight is 358 g/mol. The van der Waals surface area contributed by atoms with E-state index in [-0.39, 0.29) is 12.4 Å². The van der Waals surface area contributed by atoms with Crippen LogP contribution in [0, 0.1) is 5.92 Å². The highest BCUT2D eigenvalue weighted by Crippen LogP contribution is 2.20. The van der Waals surface area contributed by atoms with Crippen LogP contribution >= 0.6 is 12.4 Å². The Balaban J connectivity index is 0.00000208. The van der Waals surface area contributed by atoms with Crippen molar-refractivity contribution in [3.05, 3.63) is 11.7 Å². The Hall–Kier alpha value is -0.690. The van der Waals surface area contributed by atoms with Crippen molar-refractivity contribution in [2.24, 2.45) is 5.92 Å². The molecule has 0 aromatic carbocycles. The van der Waals surface area contributed by atoms with Crippen LogP contribution in [0.25, 0.3) is 0 Å². The Morgan fingerprint density at radius 2 is 2.21 bits per heavy atom. The molecule has 0 saturated carbocycles.